The van der Waals surface area contributed by atoms with Gasteiger partial charge in [-0.2, -0.15) is 0 Å². The molecule has 0 fully saturated rings. The van der Waals surface area contributed by atoms with E-state index in [-0.39, 0.29) is 18.3 Å². The molecule has 1 aliphatic rings. The third-order valence-electron chi connectivity index (χ3n) is 3.82. The lowest BCUT2D eigenvalue weighted by atomic mass is 10.1. The Kier molecular flexibility index (Phi) is 5.22. The van der Waals surface area contributed by atoms with Crippen molar-refractivity contribution in [2.24, 2.45) is 0 Å². The van der Waals surface area contributed by atoms with Crippen LogP contribution in [0.2, 0.25) is 0 Å². The van der Waals surface area contributed by atoms with Gasteiger partial charge in [-0.25, -0.2) is 0 Å². The van der Waals surface area contributed by atoms with E-state index in [4.69, 9.17) is 0 Å². The number of amides is 1. The predicted octanol–water partition coefficient (Wildman–Crippen LogP) is 3.48. The summed E-state index contributed by atoms with van der Waals surface area (Å²) in [6, 6.07) is 14.1. The highest BCUT2D eigenvalue weighted by Gasteiger charge is 2.22. The van der Waals surface area contributed by atoms with Crippen LogP contribution in [0.4, 0.5) is 5.69 Å². The molecule has 1 heterocycles. The molecule has 0 radical (unpaired) electrons. The van der Waals surface area contributed by atoms with Gasteiger partial charge in [-0.3, -0.25) is 4.79 Å². The van der Waals surface area contributed by atoms with Gasteiger partial charge in [0.25, 0.3) is 5.91 Å². The highest BCUT2D eigenvalue weighted by atomic mass is 35.5. The van der Waals surface area contributed by atoms with E-state index in [0.29, 0.717) is 6.54 Å². The summed E-state index contributed by atoms with van der Waals surface area (Å²) in [6.45, 7) is 6.38. The number of aryl methyl sites for hydroxylation is 2. The minimum Gasteiger partial charge on any atom is -0.311 e. The van der Waals surface area contributed by atoms with Crippen molar-refractivity contribution in [2.45, 2.75) is 20.4 Å². The Hall–Kier alpha value is -1.84. The van der Waals surface area contributed by atoms with E-state index in [0.717, 1.165) is 35.5 Å². The zero-order chi connectivity index (χ0) is 14.8. The maximum Gasteiger partial charge on any atom is 0.258 e. The molecule has 0 bridgehead atoms. The van der Waals surface area contributed by atoms with Crippen LogP contribution in [0.5, 0.6) is 0 Å². The lowest BCUT2D eigenvalue weighted by molar-refractivity contribution is 0.0987. The molecule has 1 N–H and O–H groups in total. The molecule has 0 unspecified atom stereocenters. The molecule has 2 aromatic carbocycles. The molecule has 3 rings (SSSR count). The lowest BCUT2D eigenvalue weighted by Crippen LogP contribution is -2.34. The van der Waals surface area contributed by atoms with Crippen molar-refractivity contribution in [1.29, 1.82) is 0 Å². The average molecular weight is 317 g/mol. The van der Waals surface area contributed by atoms with Crippen LogP contribution < -0.4 is 10.2 Å². The van der Waals surface area contributed by atoms with Gasteiger partial charge in [0, 0.05) is 30.9 Å². The molecule has 0 saturated heterocycles. The number of carbonyl (C=O) groups excluding carboxylic acids is 1. The Bertz CT molecular complexity index is 664. The Morgan fingerprint density at radius 1 is 1.09 bits per heavy atom. The smallest absolute Gasteiger partial charge is 0.258 e. The number of hydrogen-bond donors (Lipinski definition) is 1. The first kappa shape index (κ1) is 16.5. The van der Waals surface area contributed by atoms with Crippen LogP contribution in [0.15, 0.2) is 42.5 Å². The topological polar surface area (TPSA) is 32.3 Å². The van der Waals surface area contributed by atoms with Crippen LogP contribution in [0.3, 0.4) is 0 Å². The van der Waals surface area contributed by atoms with Crippen LogP contribution in [-0.2, 0) is 6.54 Å². The predicted molar refractivity (Wildman–Crippen MR) is 93.0 cm³/mol. The molecule has 0 saturated carbocycles. The Balaban J connectivity index is 0.00000176. The largest absolute Gasteiger partial charge is 0.311 e. The number of halogens is 1. The molecule has 1 aliphatic heterocycles. The summed E-state index contributed by atoms with van der Waals surface area (Å²) in [5.74, 6) is 0.0814. The van der Waals surface area contributed by atoms with Crippen molar-refractivity contribution < 1.29 is 4.79 Å². The molecule has 0 aromatic heterocycles. The van der Waals surface area contributed by atoms with Crippen molar-refractivity contribution >= 4 is 24.0 Å². The molecular formula is C18H21ClN2O. The van der Waals surface area contributed by atoms with E-state index < -0.39 is 0 Å². The second-order valence-corrected chi connectivity index (χ2v) is 5.64. The summed E-state index contributed by atoms with van der Waals surface area (Å²) < 4.78 is 0. The summed E-state index contributed by atoms with van der Waals surface area (Å²) in [6.07, 6.45) is 0. The summed E-state index contributed by atoms with van der Waals surface area (Å²) in [5, 5.41) is 3.37. The maximum absolute atomic E-state index is 12.9. The molecule has 116 valence electrons. The number of nitrogens with one attached hydrogen (secondary N) is 1. The van der Waals surface area contributed by atoms with Gasteiger partial charge in [0.15, 0.2) is 0 Å². The van der Waals surface area contributed by atoms with E-state index in [1.165, 1.54) is 5.56 Å². The van der Waals surface area contributed by atoms with Gasteiger partial charge in [0.05, 0.1) is 0 Å². The summed E-state index contributed by atoms with van der Waals surface area (Å²) in [7, 11) is 0. The van der Waals surface area contributed by atoms with E-state index in [1.54, 1.807) is 0 Å². The number of para-hydroxylation sites is 1. The number of hydrogen-bond acceptors (Lipinski definition) is 2. The van der Waals surface area contributed by atoms with Gasteiger partial charge in [-0.05, 0) is 37.6 Å². The normalized spacial score (nSPS) is 13.8. The molecule has 0 aliphatic carbocycles. The summed E-state index contributed by atoms with van der Waals surface area (Å²) >= 11 is 0. The van der Waals surface area contributed by atoms with Gasteiger partial charge in [0.1, 0.15) is 0 Å². The Morgan fingerprint density at radius 2 is 1.77 bits per heavy atom. The number of carbonyl (C=O) groups is 1. The van der Waals surface area contributed by atoms with Gasteiger partial charge >= 0.3 is 0 Å². The number of rotatable bonds is 1. The second kappa shape index (κ2) is 6.95. The Morgan fingerprint density at radius 3 is 2.50 bits per heavy atom. The van der Waals surface area contributed by atoms with Crippen LogP contribution in [0.25, 0.3) is 0 Å². The number of benzene rings is 2. The molecular weight excluding hydrogens is 296 g/mol. The molecule has 4 heteroatoms. The molecule has 3 nitrogen and oxygen atoms in total. The van der Waals surface area contributed by atoms with Crippen molar-refractivity contribution in [3.63, 3.8) is 0 Å². The first-order chi connectivity index (χ1) is 10.1. The maximum atomic E-state index is 12.9. The SMILES string of the molecule is Cc1cc(C)cc(C(=O)N2CCNCc3ccccc32)c1.Cl. The molecule has 0 atom stereocenters. The van der Waals surface area contributed by atoms with E-state index >= 15 is 0 Å². The standard InChI is InChI=1S/C18H20N2O.ClH/c1-13-9-14(2)11-16(10-13)18(21)20-8-7-19-12-15-5-3-4-6-17(15)20;/h3-6,9-11,19H,7-8,12H2,1-2H3;1H. The quantitative estimate of drug-likeness (QED) is 0.873. The fourth-order valence-corrected chi connectivity index (χ4v) is 2.92. The minimum absolute atomic E-state index is 0. The fraction of sp³-hybridized carbons (Fsp3) is 0.278. The molecule has 0 spiro atoms. The van der Waals surface area contributed by atoms with E-state index in [9.17, 15) is 4.79 Å². The minimum atomic E-state index is 0. The number of anilines is 1. The first-order valence-electron chi connectivity index (χ1n) is 7.34. The Labute approximate surface area is 137 Å². The van der Waals surface area contributed by atoms with Crippen LogP contribution >= 0.6 is 12.4 Å². The highest BCUT2D eigenvalue weighted by molar-refractivity contribution is 6.06. The van der Waals surface area contributed by atoms with Crippen molar-refractivity contribution in [2.75, 3.05) is 18.0 Å². The monoisotopic (exact) mass is 316 g/mol. The van der Waals surface area contributed by atoms with Crippen molar-refractivity contribution in [3.8, 4) is 0 Å². The second-order valence-electron chi connectivity index (χ2n) is 5.64. The van der Waals surface area contributed by atoms with Crippen molar-refractivity contribution in [1.82, 2.24) is 5.32 Å². The van der Waals surface area contributed by atoms with Crippen LogP contribution in [0, 0.1) is 13.8 Å². The molecule has 1 amide bonds. The van der Waals surface area contributed by atoms with E-state index in [2.05, 4.69) is 17.4 Å². The average Bonchev–Trinajstić information content (AvgIpc) is 2.68. The third-order valence-corrected chi connectivity index (χ3v) is 3.82. The number of nitrogens with zero attached hydrogens (tertiary/aromatic N) is 1. The van der Waals surface area contributed by atoms with Crippen molar-refractivity contribution in [3.05, 3.63) is 64.7 Å². The van der Waals surface area contributed by atoms with E-state index in [1.807, 2.05) is 49.1 Å². The first-order valence-corrected chi connectivity index (χ1v) is 7.34. The zero-order valence-electron chi connectivity index (χ0n) is 12.9. The summed E-state index contributed by atoms with van der Waals surface area (Å²) in [4.78, 5) is 14.8. The highest BCUT2D eigenvalue weighted by Crippen LogP contribution is 2.24. The van der Waals surface area contributed by atoms with Crippen LogP contribution in [0.1, 0.15) is 27.0 Å². The zero-order valence-corrected chi connectivity index (χ0v) is 13.7. The molecule has 22 heavy (non-hydrogen) atoms. The van der Waals surface area contributed by atoms with Crippen LogP contribution in [-0.4, -0.2) is 19.0 Å². The summed E-state index contributed by atoms with van der Waals surface area (Å²) in [5.41, 5.74) is 5.21. The van der Waals surface area contributed by atoms with Gasteiger partial charge < -0.3 is 10.2 Å². The fourth-order valence-electron chi connectivity index (χ4n) is 2.92. The third kappa shape index (κ3) is 3.32. The van der Waals surface area contributed by atoms with Gasteiger partial charge in [0.2, 0.25) is 0 Å². The lowest BCUT2D eigenvalue weighted by Gasteiger charge is -2.23. The van der Waals surface area contributed by atoms with Gasteiger partial charge in [-0.15, -0.1) is 12.4 Å². The molecule has 2 aromatic rings. The number of fused-ring (bicyclic) bond motifs is 1. The van der Waals surface area contributed by atoms with Gasteiger partial charge in [-0.1, -0.05) is 35.4 Å².